The molecule has 0 saturated carbocycles. The minimum absolute atomic E-state index is 0.137. The predicted molar refractivity (Wildman–Crippen MR) is 98.2 cm³/mol. The van der Waals surface area contributed by atoms with Crippen LogP contribution in [0, 0.1) is 6.92 Å². The molecule has 2 aromatic rings. The Morgan fingerprint density at radius 1 is 1.24 bits per heavy atom. The van der Waals surface area contributed by atoms with E-state index in [1.807, 2.05) is 0 Å². The van der Waals surface area contributed by atoms with Gasteiger partial charge in [0.2, 0.25) is 0 Å². The van der Waals surface area contributed by atoms with Gasteiger partial charge in [-0.2, -0.15) is 0 Å². The van der Waals surface area contributed by atoms with Crippen molar-refractivity contribution in [1.29, 1.82) is 0 Å². The first kappa shape index (κ1) is 17.1. The molecule has 21 heavy (non-hydrogen) atoms. The van der Waals surface area contributed by atoms with E-state index in [0.717, 1.165) is 20.4 Å². The molecule has 114 valence electrons. The molecule has 0 saturated heterocycles. The summed E-state index contributed by atoms with van der Waals surface area (Å²) >= 11 is 8.92. The van der Waals surface area contributed by atoms with E-state index in [-0.39, 0.29) is 6.04 Å². The molecule has 2 nitrogen and oxygen atoms in total. The second kappa shape index (κ2) is 7.36. The average molecular weight is 432 g/mol. The van der Waals surface area contributed by atoms with Crippen LogP contribution in [0.25, 0.3) is 0 Å². The van der Waals surface area contributed by atoms with Crippen LogP contribution in [-0.2, 0) is 6.42 Å². The summed E-state index contributed by atoms with van der Waals surface area (Å²) in [6.45, 7) is 8.65. The first-order chi connectivity index (χ1) is 9.92. The first-order valence-electron chi connectivity index (χ1n) is 7.09. The van der Waals surface area contributed by atoms with Gasteiger partial charge in [0.05, 0.1) is 11.7 Å². The third-order valence-electron chi connectivity index (χ3n) is 3.27. The molecule has 1 atom stereocenters. The van der Waals surface area contributed by atoms with Gasteiger partial charge in [-0.1, -0.05) is 13.0 Å². The van der Waals surface area contributed by atoms with E-state index in [0.29, 0.717) is 6.04 Å². The minimum Gasteiger partial charge on any atom is -0.302 e. The van der Waals surface area contributed by atoms with Crippen molar-refractivity contribution < 1.29 is 0 Å². The molecule has 1 aromatic heterocycles. The molecule has 0 fully saturated rings. The minimum atomic E-state index is 0.137. The van der Waals surface area contributed by atoms with E-state index in [4.69, 9.17) is 4.98 Å². The number of rotatable bonds is 5. The molecule has 0 aliphatic carbocycles. The fraction of sp³-hybridized carbons (Fsp3) is 0.438. The molecule has 5 heteroatoms. The van der Waals surface area contributed by atoms with Crippen LogP contribution >= 0.6 is 43.2 Å². The smallest absolute Gasteiger partial charge is 0.115 e. The molecular formula is C16H20Br2N2S. The Morgan fingerprint density at radius 2 is 1.95 bits per heavy atom. The van der Waals surface area contributed by atoms with Crippen LogP contribution in [0.4, 0.5) is 0 Å². The van der Waals surface area contributed by atoms with Crippen LogP contribution in [0.5, 0.6) is 0 Å². The van der Waals surface area contributed by atoms with Crippen molar-refractivity contribution in [3.63, 3.8) is 0 Å². The van der Waals surface area contributed by atoms with Crippen molar-refractivity contribution in [3.05, 3.63) is 48.3 Å². The summed E-state index contributed by atoms with van der Waals surface area (Å²) in [5.74, 6) is 0. The summed E-state index contributed by atoms with van der Waals surface area (Å²) < 4.78 is 2.14. The van der Waals surface area contributed by atoms with Gasteiger partial charge in [-0.25, -0.2) is 4.98 Å². The van der Waals surface area contributed by atoms with E-state index < -0.39 is 0 Å². The lowest BCUT2D eigenvalue weighted by Gasteiger charge is -2.20. The van der Waals surface area contributed by atoms with Gasteiger partial charge in [0.15, 0.2) is 0 Å². The molecule has 1 aromatic carbocycles. The number of hydrogen-bond donors (Lipinski definition) is 1. The monoisotopic (exact) mass is 430 g/mol. The number of benzene rings is 1. The Morgan fingerprint density at radius 3 is 2.48 bits per heavy atom. The Bertz CT molecular complexity index is 623. The van der Waals surface area contributed by atoms with Gasteiger partial charge in [0.25, 0.3) is 0 Å². The highest BCUT2D eigenvalue weighted by Crippen LogP contribution is 2.32. The molecule has 2 rings (SSSR count). The standard InChI is InChI=1S/C16H20Br2N2S/c1-5-14-10(4)21-16(20-14)15(19-9(2)3)11-6-7-12(17)13(18)8-11/h6-9,15,19H,5H2,1-4H3. The highest BCUT2D eigenvalue weighted by molar-refractivity contribution is 9.13. The number of aryl methyl sites for hydroxylation is 2. The maximum Gasteiger partial charge on any atom is 0.115 e. The summed E-state index contributed by atoms with van der Waals surface area (Å²) in [5, 5.41) is 4.78. The number of thiazole rings is 1. The number of nitrogens with zero attached hydrogens (tertiary/aromatic N) is 1. The van der Waals surface area contributed by atoms with Crippen molar-refractivity contribution in [2.75, 3.05) is 0 Å². The Labute approximate surface area is 147 Å². The predicted octanol–water partition coefficient (Wildman–Crippen LogP) is 5.63. The summed E-state index contributed by atoms with van der Waals surface area (Å²) in [4.78, 5) is 6.16. The zero-order valence-corrected chi connectivity index (χ0v) is 16.7. The largest absolute Gasteiger partial charge is 0.302 e. The zero-order valence-electron chi connectivity index (χ0n) is 12.7. The van der Waals surface area contributed by atoms with Crippen molar-refractivity contribution in [3.8, 4) is 0 Å². The lowest BCUT2D eigenvalue weighted by Crippen LogP contribution is -2.29. The van der Waals surface area contributed by atoms with Gasteiger partial charge < -0.3 is 5.32 Å². The van der Waals surface area contributed by atoms with Crippen molar-refractivity contribution in [2.45, 2.75) is 46.2 Å². The summed E-state index contributed by atoms with van der Waals surface area (Å²) in [7, 11) is 0. The first-order valence-corrected chi connectivity index (χ1v) is 9.49. The lowest BCUT2D eigenvalue weighted by molar-refractivity contribution is 0.526. The number of hydrogen-bond acceptors (Lipinski definition) is 3. The Balaban J connectivity index is 2.43. The number of nitrogens with one attached hydrogen (secondary N) is 1. The molecule has 0 aliphatic rings. The summed E-state index contributed by atoms with van der Waals surface area (Å²) in [6, 6.07) is 6.92. The fourth-order valence-corrected chi connectivity index (χ4v) is 3.98. The quantitative estimate of drug-likeness (QED) is 0.663. The maximum atomic E-state index is 4.84. The molecule has 1 N–H and O–H groups in total. The van der Waals surface area contributed by atoms with Crippen molar-refractivity contribution in [1.82, 2.24) is 10.3 Å². The van der Waals surface area contributed by atoms with E-state index >= 15 is 0 Å². The highest BCUT2D eigenvalue weighted by atomic mass is 79.9. The Hall–Kier alpha value is -0.230. The van der Waals surface area contributed by atoms with E-state index in [9.17, 15) is 0 Å². The van der Waals surface area contributed by atoms with Gasteiger partial charge >= 0.3 is 0 Å². The van der Waals surface area contributed by atoms with Crippen molar-refractivity contribution >= 4 is 43.2 Å². The summed E-state index contributed by atoms with van der Waals surface area (Å²) in [6.07, 6.45) is 0.987. The molecule has 1 unspecified atom stereocenters. The molecule has 1 heterocycles. The lowest BCUT2D eigenvalue weighted by atomic mass is 10.1. The van der Waals surface area contributed by atoms with E-state index in [2.05, 4.69) is 83.1 Å². The van der Waals surface area contributed by atoms with Gasteiger partial charge in [-0.3, -0.25) is 0 Å². The van der Waals surface area contributed by atoms with E-state index in [1.54, 1.807) is 11.3 Å². The molecule has 0 amide bonds. The number of aromatic nitrogens is 1. The van der Waals surface area contributed by atoms with Crippen LogP contribution < -0.4 is 5.32 Å². The molecular weight excluding hydrogens is 412 g/mol. The van der Waals surface area contributed by atoms with Crippen LogP contribution in [0.15, 0.2) is 27.1 Å². The second-order valence-corrected chi connectivity index (χ2v) is 8.28. The van der Waals surface area contributed by atoms with Crippen LogP contribution in [0.1, 0.15) is 48.0 Å². The molecule has 0 spiro atoms. The van der Waals surface area contributed by atoms with Gasteiger partial charge in [0, 0.05) is 19.9 Å². The topological polar surface area (TPSA) is 24.9 Å². The molecule has 0 radical (unpaired) electrons. The Kier molecular flexibility index (Phi) is 6.00. The third kappa shape index (κ3) is 4.15. The fourth-order valence-electron chi connectivity index (χ4n) is 2.24. The second-order valence-electron chi connectivity index (χ2n) is 5.34. The normalized spacial score (nSPS) is 12.9. The van der Waals surface area contributed by atoms with Crippen LogP contribution in [-0.4, -0.2) is 11.0 Å². The third-order valence-corrected chi connectivity index (χ3v) is 6.23. The summed E-state index contributed by atoms with van der Waals surface area (Å²) in [5.41, 5.74) is 2.44. The molecule has 0 aliphatic heterocycles. The number of halogens is 2. The van der Waals surface area contributed by atoms with E-state index in [1.165, 1.54) is 16.1 Å². The zero-order chi connectivity index (χ0) is 15.6. The van der Waals surface area contributed by atoms with Crippen LogP contribution in [0.3, 0.4) is 0 Å². The SMILES string of the molecule is CCc1nc(C(NC(C)C)c2ccc(Br)c(Br)c2)sc1C. The average Bonchev–Trinajstić information content (AvgIpc) is 2.80. The van der Waals surface area contributed by atoms with Gasteiger partial charge in [-0.05, 0) is 76.7 Å². The maximum absolute atomic E-state index is 4.84. The van der Waals surface area contributed by atoms with Crippen LogP contribution in [0.2, 0.25) is 0 Å². The van der Waals surface area contributed by atoms with Gasteiger partial charge in [0.1, 0.15) is 5.01 Å². The molecule has 0 bridgehead atoms. The van der Waals surface area contributed by atoms with Crippen molar-refractivity contribution in [2.24, 2.45) is 0 Å². The highest BCUT2D eigenvalue weighted by Gasteiger charge is 2.20. The van der Waals surface area contributed by atoms with Gasteiger partial charge in [-0.15, -0.1) is 11.3 Å².